The molecule has 1 fully saturated rings. The maximum absolute atomic E-state index is 10.7. The first-order valence-corrected chi connectivity index (χ1v) is 6.55. The van der Waals surface area contributed by atoms with E-state index in [1.54, 1.807) is 0 Å². The number of hydrogen-bond acceptors (Lipinski definition) is 2. The average molecular weight is 231 g/mol. The Labute approximate surface area is 104 Å². The number of anilines is 1. The highest BCUT2D eigenvalue weighted by Gasteiger charge is 2.18. The molecule has 0 amide bonds. The number of carbonyl (C=O) groups excluding carboxylic acids is 1. The molecule has 0 aromatic heterocycles. The minimum Gasteiger partial charge on any atom is -0.371 e. The largest absolute Gasteiger partial charge is 0.371 e. The predicted molar refractivity (Wildman–Crippen MR) is 71.8 cm³/mol. The van der Waals surface area contributed by atoms with Crippen molar-refractivity contribution >= 4 is 12.0 Å². The van der Waals surface area contributed by atoms with Crippen LogP contribution in [0.1, 0.15) is 42.1 Å². The normalized spacial score (nSPS) is 17.2. The number of rotatable bonds is 3. The van der Waals surface area contributed by atoms with Gasteiger partial charge in [0.05, 0.1) is 0 Å². The van der Waals surface area contributed by atoms with E-state index in [2.05, 4.69) is 24.8 Å². The number of aldehydes is 1. The summed E-state index contributed by atoms with van der Waals surface area (Å²) in [4.78, 5) is 13.2. The van der Waals surface area contributed by atoms with Gasteiger partial charge in [0, 0.05) is 24.3 Å². The molecule has 0 spiro atoms. The number of piperidine rings is 1. The summed E-state index contributed by atoms with van der Waals surface area (Å²) >= 11 is 0. The molecule has 0 bridgehead atoms. The summed E-state index contributed by atoms with van der Waals surface area (Å²) in [6.45, 7) is 6.68. The van der Waals surface area contributed by atoms with Crippen LogP contribution in [0, 0.1) is 12.8 Å². The van der Waals surface area contributed by atoms with Crippen LogP contribution in [0.4, 0.5) is 5.69 Å². The topological polar surface area (TPSA) is 20.3 Å². The van der Waals surface area contributed by atoms with Gasteiger partial charge in [-0.15, -0.1) is 0 Å². The van der Waals surface area contributed by atoms with E-state index in [4.69, 9.17) is 0 Å². The third-order valence-electron chi connectivity index (χ3n) is 3.89. The summed E-state index contributed by atoms with van der Waals surface area (Å²) in [5.41, 5.74) is 3.28. The van der Waals surface area contributed by atoms with Gasteiger partial charge in [-0.05, 0) is 49.4 Å². The number of carbonyl (C=O) groups is 1. The summed E-state index contributed by atoms with van der Waals surface area (Å²) in [6.07, 6.45) is 4.81. The number of nitrogens with zero attached hydrogens (tertiary/aromatic N) is 1. The molecule has 0 atom stereocenters. The van der Waals surface area contributed by atoms with Crippen molar-refractivity contribution < 1.29 is 4.79 Å². The van der Waals surface area contributed by atoms with Gasteiger partial charge in [0.2, 0.25) is 0 Å². The predicted octanol–water partition coefficient (Wildman–Crippen LogP) is 3.43. The molecule has 92 valence electrons. The summed E-state index contributed by atoms with van der Waals surface area (Å²) in [5, 5.41) is 0. The van der Waals surface area contributed by atoms with E-state index < -0.39 is 0 Å². The summed E-state index contributed by atoms with van der Waals surface area (Å²) in [7, 11) is 0. The molecule has 0 unspecified atom stereocenters. The zero-order valence-electron chi connectivity index (χ0n) is 10.8. The highest BCUT2D eigenvalue weighted by atomic mass is 16.1. The van der Waals surface area contributed by atoms with Crippen molar-refractivity contribution in [3.8, 4) is 0 Å². The van der Waals surface area contributed by atoms with Gasteiger partial charge in [-0.25, -0.2) is 0 Å². The van der Waals surface area contributed by atoms with Crippen LogP contribution >= 0.6 is 0 Å². The summed E-state index contributed by atoms with van der Waals surface area (Å²) < 4.78 is 0. The second-order valence-corrected chi connectivity index (χ2v) is 5.00. The van der Waals surface area contributed by atoms with Gasteiger partial charge in [-0.1, -0.05) is 13.3 Å². The lowest BCUT2D eigenvalue weighted by atomic mass is 9.93. The fourth-order valence-corrected chi connectivity index (χ4v) is 2.69. The van der Waals surface area contributed by atoms with Crippen LogP contribution in [0.2, 0.25) is 0 Å². The van der Waals surface area contributed by atoms with Gasteiger partial charge < -0.3 is 4.90 Å². The molecular weight excluding hydrogens is 210 g/mol. The molecule has 1 aliphatic heterocycles. The molecule has 2 rings (SSSR count). The Bertz CT molecular complexity index is 392. The summed E-state index contributed by atoms with van der Waals surface area (Å²) in [6, 6.07) is 5.99. The first-order valence-electron chi connectivity index (χ1n) is 6.55. The quantitative estimate of drug-likeness (QED) is 0.743. The van der Waals surface area contributed by atoms with E-state index in [1.807, 2.05) is 12.1 Å². The lowest BCUT2D eigenvalue weighted by molar-refractivity contribution is 0.112. The van der Waals surface area contributed by atoms with E-state index in [0.29, 0.717) is 0 Å². The fraction of sp³-hybridized carbons (Fsp3) is 0.533. The maximum Gasteiger partial charge on any atom is 0.150 e. The first kappa shape index (κ1) is 12.2. The average Bonchev–Trinajstić information content (AvgIpc) is 2.39. The minimum atomic E-state index is 0.773. The fourth-order valence-electron chi connectivity index (χ4n) is 2.69. The number of aryl methyl sites for hydroxylation is 1. The molecule has 2 nitrogen and oxygen atoms in total. The number of benzene rings is 1. The monoisotopic (exact) mass is 231 g/mol. The van der Waals surface area contributed by atoms with Gasteiger partial charge in [-0.2, -0.15) is 0 Å². The van der Waals surface area contributed by atoms with Crippen molar-refractivity contribution in [2.24, 2.45) is 5.92 Å². The van der Waals surface area contributed by atoms with Crippen LogP contribution in [0.15, 0.2) is 18.2 Å². The van der Waals surface area contributed by atoms with Crippen molar-refractivity contribution in [3.63, 3.8) is 0 Å². The van der Waals surface area contributed by atoms with Gasteiger partial charge in [0.1, 0.15) is 6.29 Å². The Balaban J connectivity index is 2.10. The highest BCUT2D eigenvalue weighted by molar-refractivity contribution is 5.77. The molecular formula is C15H21NO. The standard InChI is InChI=1S/C15H21NO/c1-3-13-6-8-16(9-7-13)15-5-4-14(11-17)10-12(15)2/h4-5,10-11,13H,3,6-9H2,1-2H3. The van der Waals surface area contributed by atoms with Crippen LogP contribution in [0.25, 0.3) is 0 Å². The van der Waals surface area contributed by atoms with E-state index in [9.17, 15) is 4.79 Å². The molecule has 1 aromatic rings. The Kier molecular flexibility index (Phi) is 3.82. The second kappa shape index (κ2) is 5.35. The minimum absolute atomic E-state index is 0.773. The molecule has 1 saturated heterocycles. The molecule has 0 saturated carbocycles. The van der Waals surface area contributed by atoms with Crippen molar-refractivity contribution in [3.05, 3.63) is 29.3 Å². The lowest BCUT2D eigenvalue weighted by Crippen LogP contribution is -2.33. The zero-order valence-corrected chi connectivity index (χ0v) is 10.8. The first-order chi connectivity index (χ1) is 8.24. The van der Waals surface area contributed by atoms with Gasteiger partial charge >= 0.3 is 0 Å². The molecule has 2 heteroatoms. The summed E-state index contributed by atoms with van der Waals surface area (Å²) in [5.74, 6) is 0.904. The van der Waals surface area contributed by atoms with E-state index in [-0.39, 0.29) is 0 Å². The third kappa shape index (κ3) is 2.68. The van der Waals surface area contributed by atoms with E-state index in [1.165, 1.54) is 30.5 Å². The van der Waals surface area contributed by atoms with E-state index in [0.717, 1.165) is 30.9 Å². The molecule has 1 aliphatic rings. The Morgan fingerprint density at radius 2 is 2.06 bits per heavy atom. The van der Waals surface area contributed by atoms with E-state index >= 15 is 0 Å². The van der Waals surface area contributed by atoms with Crippen molar-refractivity contribution in [1.82, 2.24) is 0 Å². The third-order valence-corrected chi connectivity index (χ3v) is 3.89. The van der Waals surface area contributed by atoms with Crippen LogP contribution in [-0.4, -0.2) is 19.4 Å². The molecule has 0 radical (unpaired) electrons. The van der Waals surface area contributed by atoms with Crippen molar-refractivity contribution in [2.75, 3.05) is 18.0 Å². The molecule has 1 heterocycles. The van der Waals surface area contributed by atoms with Crippen molar-refractivity contribution in [1.29, 1.82) is 0 Å². The second-order valence-electron chi connectivity index (χ2n) is 5.00. The molecule has 0 aliphatic carbocycles. The Morgan fingerprint density at radius 3 is 2.59 bits per heavy atom. The van der Waals surface area contributed by atoms with Crippen LogP contribution in [0.5, 0.6) is 0 Å². The van der Waals surface area contributed by atoms with Crippen molar-refractivity contribution in [2.45, 2.75) is 33.1 Å². The Hall–Kier alpha value is -1.31. The SMILES string of the molecule is CCC1CCN(c2ccc(C=O)cc2C)CC1. The smallest absolute Gasteiger partial charge is 0.150 e. The number of hydrogen-bond donors (Lipinski definition) is 0. The van der Waals surface area contributed by atoms with Crippen LogP contribution in [0.3, 0.4) is 0 Å². The molecule has 0 N–H and O–H groups in total. The lowest BCUT2D eigenvalue weighted by Gasteiger charge is -2.34. The molecule has 17 heavy (non-hydrogen) atoms. The maximum atomic E-state index is 10.7. The van der Waals surface area contributed by atoms with Gasteiger partial charge in [0.15, 0.2) is 0 Å². The van der Waals surface area contributed by atoms with Gasteiger partial charge in [-0.3, -0.25) is 4.79 Å². The molecule has 1 aromatic carbocycles. The zero-order chi connectivity index (χ0) is 12.3. The van der Waals surface area contributed by atoms with Crippen LogP contribution in [-0.2, 0) is 0 Å². The Morgan fingerprint density at radius 1 is 1.35 bits per heavy atom. The van der Waals surface area contributed by atoms with Crippen LogP contribution < -0.4 is 4.90 Å². The van der Waals surface area contributed by atoms with Gasteiger partial charge in [0.25, 0.3) is 0 Å². The highest BCUT2D eigenvalue weighted by Crippen LogP contribution is 2.27.